The lowest BCUT2D eigenvalue weighted by molar-refractivity contribution is 0.499. The first-order valence-corrected chi connectivity index (χ1v) is 6.72. The van der Waals surface area contributed by atoms with Gasteiger partial charge in [-0.05, 0) is 61.6 Å². The third-order valence-corrected chi connectivity index (χ3v) is 4.01. The molecule has 2 aliphatic rings. The molecule has 0 saturated heterocycles. The van der Waals surface area contributed by atoms with Crippen molar-refractivity contribution in [1.29, 1.82) is 0 Å². The van der Waals surface area contributed by atoms with Crippen molar-refractivity contribution in [3.63, 3.8) is 0 Å². The number of hydrogen-bond donors (Lipinski definition) is 1. The van der Waals surface area contributed by atoms with Gasteiger partial charge in [0.2, 0.25) is 0 Å². The molecule has 1 nitrogen and oxygen atoms in total. The molecule has 1 saturated carbocycles. The minimum Gasteiger partial charge on any atom is -0.316 e. The van der Waals surface area contributed by atoms with Crippen molar-refractivity contribution in [1.82, 2.24) is 5.32 Å². The van der Waals surface area contributed by atoms with Gasteiger partial charge in [0.05, 0.1) is 0 Å². The maximum atomic E-state index is 3.66. The van der Waals surface area contributed by atoms with E-state index in [2.05, 4.69) is 29.6 Å². The SMILES string of the molecule is c1ccc2c(c1)CCCC2CNCC1CC1. The third-order valence-electron chi connectivity index (χ3n) is 4.01. The third kappa shape index (κ3) is 2.30. The van der Waals surface area contributed by atoms with Crippen LogP contribution in [0.4, 0.5) is 0 Å². The van der Waals surface area contributed by atoms with Crippen molar-refractivity contribution in [2.75, 3.05) is 13.1 Å². The first kappa shape index (κ1) is 10.3. The van der Waals surface area contributed by atoms with Gasteiger partial charge < -0.3 is 5.32 Å². The molecule has 1 heteroatoms. The molecule has 3 rings (SSSR count). The number of hydrogen-bond acceptors (Lipinski definition) is 1. The quantitative estimate of drug-likeness (QED) is 0.813. The zero-order valence-electron chi connectivity index (χ0n) is 9.91. The number of rotatable bonds is 4. The molecule has 0 aliphatic heterocycles. The fourth-order valence-corrected chi connectivity index (χ4v) is 2.85. The largest absolute Gasteiger partial charge is 0.316 e. The van der Waals surface area contributed by atoms with Crippen LogP contribution in [0.25, 0.3) is 0 Å². The molecule has 0 spiro atoms. The predicted octanol–water partition coefficient (Wildman–Crippen LogP) is 3.11. The average molecular weight is 215 g/mol. The second-order valence-electron chi connectivity index (χ2n) is 5.39. The van der Waals surface area contributed by atoms with E-state index in [9.17, 15) is 0 Å². The molecule has 16 heavy (non-hydrogen) atoms. The smallest absolute Gasteiger partial charge is 0.00203 e. The number of aryl methyl sites for hydroxylation is 1. The minimum atomic E-state index is 0.767. The van der Waals surface area contributed by atoms with Crippen LogP contribution in [-0.4, -0.2) is 13.1 Å². The zero-order chi connectivity index (χ0) is 10.8. The van der Waals surface area contributed by atoms with E-state index in [0.717, 1.165) is 11.8 Å². The second-order valence-corrected chi connectivity index (χ2v) is 5.39. The second kappa shape index (κ2) is 4.58. The van der Waals surface area contributed by atoms with Crippen LogP contribution >= 0.6 is 0 Å². The molecule has 86 valence electrons. The molecule has 0 radical (unpaired) electrons. The molecule has 0 amide bonds. The summed E-state index contributed by atoms with van der Waals surface area (Å²) in [5.41, 5.74) is 3.20. The van der Waals surface area contributed by atoms with Gasteiger partial charge in [-0.3, -0.25) is 0 Å². The van der Waals surface area contributed by atoms with E-state index in [0.29, 0.717) is 0 Å². The standard InChI is InChI=1S/C15H21N/c1-2-7-15-13(4-1)5-3-6-14(15)11-16-10-12-8-9-12/h1-2,4,7,12,14,16H,3,5-6,8-11H2. The fraction of sp³-hybridized carbons (Fsp3) is 0.600. The van der Waals surface area contributed by atoms with Crippen LogP contribution in [0.2, 0.25) is 0 Å². The van der Waals surface area contributed by atoms with Crippen LogP contribution in [0.1, 0.15) is 42.7 Å². The van der Waals surface area contributed by atoms with E-state index < -0.39 is 0 Å². The maximum absolute atomic E-state index is 3.66. The number of nitrogens with one attached hydrogen (secondary N) is 1. The Hall–Kier alpha value is -0.820. The van der Waals surface area contributed by atoms with Crippen molar-refractivity contribution < 1.29 is 0 Å². The molecular weight excluding hydrogens is 194 g/mol. The summed E-state index contributed by atoms with van der Waals surface area (Å²) in [5.74, 6) is 1.77. The van der Waals surface area contributed by atoms with Gasteiger partial charge in [-0.25, -0.2) is 0 Å². The highest BCUT2D eigenvalue weighted by molar-refractivity contribution is 5.32. The molecule has 1 fully saturated rings. The molecule has 2 aliphatic carbocycles. The Balaban J connectivity index is 1.62. The van der Waals surface area contributed by atoms with Crippen LogP contribution in [0.3, 0.4) is 0 Å². The van der Waals surface area contributed by atoms with Crippen molar-refractivity contribution >= 4 is 0 Å². The summed E-state index contributed by atoms with van der Waals surface area (Å²) in [4.78, 5) is 0. The van der Waals surface area contributed by atoms with E-state index >= 15 is 0 Å². The van der Waals surface area contributed by atoms with E-state index in [-0.39, 0.29) is 0 Å². The highest BCUT2D eigenvalue weighted by Gasteiger charge is 2.23. The van der Waals surface area contributed by atoms with Gasteiger partial charge >= 0.3 is 0 Å². The Morgan fingerprint density at radius 3 is 2.81 bits per heavy atom. The van der Waals surface area contributed by atoms with Crippen LogP contribution in [-0.2, 0) is 6.42 Å². The van der Waals surface area contributed by atoms with Gasteiger partial charge in [-0.15, -0.1) is 0 Å². The molecule has 1 N–H and O–H groups in total. The summed E-state index contributed by atoms with van der Waals surface area (Å²) in [5, 5.41) is 3.66. The van der Waals surface area contributed by atoms with Crippen molar-refractivity contribution in [3.8, 4) is 0 Å². The van der Waals surface area contributed by atoms with Crippen LogP contribution in [0, 0.1) is 5.92 Å². The maximum Gasteiger partial charge on any atom is 0.00203 e. The summed E-state index contributed by atoms with van der Waals surface area (Å²) < 4.78 is 0. The molecule has 0 heterocycles. The van der Waals surface area contributed by atoms with Gasteiger partial charge in [-0.1, -0.05) is 24.3 Å². The zero-order valence-corrected chi connectivity index (χ0v) is 9.91. The van der Waals surface area contributed by atoms with Crippen molar-refractivity contribution in [2.45, 2.75) is 38.0 Å². The normalized spacial score (nSPS) is 24.1. The van der Waals surface area contributed by atoms with Crippen LogP contribution < -0.4 is 5.32 Å². The molecule has 1 atom stereocenters. The van der Waals surface area contributed by atoms with Crippen molar-refractivity contribution in [2.24, 2.45) is 5.92 Å². The lowest BCUT2D eigenvalue weighted by Gasteiger charge is -2.25. The lowest BCUT2D eigenvalue weighted by Crippen LogP contribution is -2.26. The van der Waals surface area contributed by atoms with Gasteiger partial charge in [0.25, 0.3) is 0 Å². The summed E-state index contributed by atoms with van der Waals surface area (Å²) in [7, 11) is 0. The van der Waals surface area contributed by atoms with E-state index in [1.165, 1.54) is 45.2 Å². The summed E-state index contributed by atoms with van der Waals surface area (Å²) >= 11 is 0. The van der Waals surface area contributed by atoms with E-state index in [1.807, 2.05) is 0 Å². The first-order chi connectivity index (χ1) is 7.93. The Labute approximate surface area is 98.3 Å². The molecule has 1 aromatic carbocycles. The van der Waals surface area contributed by atoms with E-state index in [4.69, 9.17) is 0 Å². The van der Waals surface area contributed by atoms with Crippen molar-refractivity contribution in [3.05, 3.63) is 35.4 Å². The Kier molecular flexibility index (Phi) is 2.96. The van der Waals surface area contributed by atoms with Gasteiger partial charge in [0.1, 0.15) is 0 Å². The number of benzene rings is 1. The molecular formula is C15H21N. The Morgan fingerprint density at radius 1 is 1.06 bits per heavy atom. The van der Waals surface area contributed by atoms with Gasteiger partial charge in [-0.2, -0.15) is 0 Å². The minimum absolute atomic E-state index is 0.767. The Morgan fingerprint density at radius 2 is 1.94 bits per heavy atom. The highest BCUT2D eigenvalue weighted by Crippen LogP contribution is 2.31. The fourth-order valence-electron chi connectivity index (χ4n) is 2.85. The summed E-state index contributed by atoms with van der Waals surface area (Å²) in [6.45, 7) is 2.44. The van der Waals surface area contributed by atoms with Crippen LogP contribution in [0.15, 0.2) is 24.3 Å². The Bertz CT molecular complexity index is 354. The summed E-state index contributed by atoms with van der Waals surface area (Å²) in [6.07, 6.45) is 6.93. The molecule has 1 aromatic rings. The number of fused-ring (bicyclic) bond motifs is 1. The highest BCUT2D eigenvalue weighted by atomic mass is 14.9. The van der Waals surface area contributed by atoms with Gasteiger partial charge in [0.15, 0.2) is 0 Å². The molecule has 1 unspecified atom stereocenters. The van der Waals surface area contributed by atoms with E-state index in [1.54, 1.807) is 11.1 Å². The lowest BCUT2D eigenvalue weighted by atomic mass is 9.83. The molecule has 0 aromatic heterocycles. The van der Waals surface area contributed by atoms with Gasteiger partial charge in [0, 0.05) is 6.54 Å². The summed E-state index contributed by atoms with van der Waals surface area (Å²) in [6, 6.07) is 9.01. The first-order valence-electron chi connectivity index (χ1n) is 6.72. The molecule has 0 bridgehead atoms. The average Bonchev–Trinajstić information content (AvgIpc) is 3.13. The monoisotopic (exact) mass is 215 g/mol. The predicted molar refractivity (Wildman–Crippen MR) is 67.7 cm³/mol. The van der Waals surface area contributed by atoms with Crippen LogP contribution in [0.5, 0.6) is 0 Å². The topological polar surface area (TPSA) is 12.0 Å².